The van der Waals surface area contributed by atoms with Crippen LogP contribution in [0.3, 0.4) is 0 Å². The summed E-state index contributed by atoms with van der Waals surface area (Å²) in [7, 11) is -1.95. The summed E-state index contributed by atoms with van der Waals surface area (Å²) in [4.78, 5) is 2.42. The number of sulfonamides is 1. The lowest BCUT2D eigenvalue weighted by atomic mass is 10.2. The smallest absolute Gasteiger partial charge is 0.262 e. The number of rotatable bonds is 5. The predicted molar refractivity (Wildman–Crippen MR) is 101 cm³/mol. The van der Waals surface area contributed by atoms with Gasteiger partial charge >= 0.3 is 0 Å². The third-order valence-electron chi connectivity index (χ3n) is 4.47. The lowest BCUT2D eigenvalue weighted by Crippen LogP contribution is -2.22. The van der Waals surface area contributed by atoms with Crippen LogP contribution in [-0.2, 0) is 14.8 Å². The molecule has 1 fully saturated rings. The van der Waals surface area contributed by atoms with Gasteiger partial charge in [0.2, 0.25) is 0 Å². The molecule has 7 heteroatoms. The normalized spacial score (nSPS) is 17.7. The molecule has 1 atom stereocenters. The van der Waals surface area contributed by atoms with Crippen molar-refractivity contribution in [2.45, 2.75) is 24.3 Å². The Labute approximate surface area is 153 Å². The number of halogens is 1. The quantitative estimate of drug-likeness (QED) is 0.859. The maximum absolute atomic E-state index is 12.6. The standard InChI is InChI=1S/C18H21ClN2O3S/c1-13-17(19)4-3-5-18(13)25(22,23)20-14-6-8-15(9-7-14)21-11-10-16(12-21)24-2/h3-9,16,20H,10-12H2,1-2H3. The first-order valence-electron chi connectivity index (χ1n) is 8.06. The zero-order valence-electron chi connectivity index (χ0n) is 14.2. The summed E-state index contributed by atoms with van der Waals surface area (Å²) < 4.78 is 33.2. The van der Waals surface area contributed by atoms with Gasteiger partial charge in [0, 0.05) is 36.6 Å². The number of hydrogen-bond acceptors (Lipinski definition) is 4. The van der Waals surface area contributed by atoms with Crippen molar-refractivity contribution < 1.29 is 13.2 Å². The Bertz CT molecular complexity index is 853. The molecule has 1 aliphatic heterocycles. The summed E-state index contributed by atoms with van der Waals surface area (Å²) in [5, 5.41) is 0.431. The molecule has 0 saturated carbocycles. The van der Waals surface area contributed by atoms with E-state index < -0.39 is 10.0 Å². The first kappa shape index (κ1) is 18.0. The minimum absolute atomic E-state index is 0.187. The van der Waals surface area contributed by atoms with Crippen LogP contribution in [0.1, 0.15) is 12.0 Å². The molecule has 2 aromatic carbocycles. The van der Waals surface area contributed by atoms with Crippen molar-refractivity contribution in [2.75, 3.05) is 29.8 Å². The zero-order chi connectivity index (χ0) is 18.0. The Morgan fingerprint density at radius 2 is 1.92 bits per heavy atom. The van der Waals surface area contributed by atoms with Crippen molar-refractivity contribution in [3.8, 4) is 0 Å². The summed E-state index contributed by atoms with van der Waals surface area (Å²) in [5.74, 6) is 0. The van der Waals surface area contributed by atoms with E-state index in [-0.39, 0.29) is 11.0 Å². The molecule has 0 aromatic heterocycles. The predicted octanol–water partition coefficient (Wildman–Crippen LogP) is 3.67. The monoisotopic (exact) mass is 380 g/mol. The largest absolute Gasteiger partial charge is 0.380 e. The van der Waals surface area contributed by atoms with Gasteiger partial charge in [-0.15, -0.1) is 0 Å². The van der Waals surface area contributed by atoms with Crippen molar-refractivity contribution in [1.82, 2.24) is 0 Å². The van der Waals surface area contributed by atoms with E-state index in [9.17, 15) is 8.42 Å². The van der Waals surface area contributed by atoms with Gasteiger partial charge in [0.25, 0.3) is 10.0 Å². The summed E-state index contributed by atoms with van der Waals surface area (Å²) in [6.07, 6.45) is 1.25. The number of nitrogens with zero attached hydrogens (tertiary/aromatic N) is 1. The van der Waals surface area contributed by atoms with Crippen LogP contribution < -0.4 is 9.62 Å². The van der Waals surface area contributed by atoms with Crippen molar-refractivity contribution in [3.63, 3.8) is 0 Å². The molecule has 1 unspecified atom stereocenters. The summed E-state index contributed by atoms with van der Waals surface area (Å²) in [6.45, 7) is 3.48. The maximum Gasteiger partial charge on any atom is 0.262 e. The van der Waals surface area contributed by atoms with Crippen LogP contribution in [0, 0.1) is 6.92 Å². The Hall–Kier alpha value is -1.76. The van der Waals surface area contributed by atoms with E-state index in [4.69, 9.17) is 16.3 Å². The molecule has 3 rings (SSSR count). The van der Waals surface area contributed by atoms with Crippen LogP contribution in [-0.4, -0.2) is 34.7 Å². The summed E-state index contributed by atoms with van der Waals surface area (Å²) in [6, 6.07) is 12.2. The molecule has 1 N–H and O–H groups in total. The van der Waals surface area contributed by atoms with Gasteiger partial charge in [0.1, 0.15) is 0 Å². The molecule has 0 amide bonds. The second-order valence-electron chi connectivity index (χ2n) is 6.11. The molecule has 134 valence electrons. The van der Waals surface area contributed by atoms with Gasteiger partial charge in [0.05, 0.1) is 11.0 Å². The molecule has 1 saturated heterocycles. The molecular weight excluding hydrogens is 360 g/mol. The number of hydrogen-bond donors (Lipinski definition) is 1. The van der Waals surface area contributed by atoms with Crippen molar-refractivity contribution in [1.29, 1.82) is 0 Å². The van der Waals surface area contributed by atoms with Crippen LogP contribution >= 0.6 is 11.6 Å². The lowest BCUT2D eigenvalue weighted by Gasteiger charge is -2.19. The first-order valence-corrected chi connectivity index (χ1v) is 9.92. The van der Waals surface area contributed by atoms with Crippen LogP contribution in [0.15, 0.2) is 47.4 Å². The fraction of sp³-hybridized carbons (Fsp3) is 0.333. The van der Waals surface area contributed by atoms with E-state index >= 15 is 0 Å². The summed E-state index contributed by atoms with van der Waals surface area (Å²) in [5.41, 5.74) is 2.11. The molecular formula is C18H21ClN2O3S. The van der Waals surface area contributed by atoms with Crippen LogP contribution in [0.4, 0.5) is 11.4 Å². The molecule has 0 aliphatic carbocycles. The lowest BCUT2D eigenvalue weighted by molar-refractivity contribution is 0.121. The zero-order valence-corrected chi connectivity index (χ0v) is 15.8. The highest BCUT2D eigenvalue weighted by molar-refractivity contribution is 7.92. The second kappa shape index (κ2) is 7.23. The fourth-order valence-corrected chi connectivity index (χ4v) is 4.54. The van der Waals surface area contributed by atoms with E-state index in [1.807, 2.05) is 12.1 Å². The third-order valence-corrected chi connectivity index (χ3v) is 6.41. The van der Waals surface area contributed by atoms with Gasteiger partial charge in [-0.3, -0.25) is 4.72 Å². The van der Waals surface area contributed by atoms with Gasteiger partial charge in [-0.25, -0.2) is 8.42 Å². The van der Waals surface area contributed by atoms with E-state index in [0.717, 1.165) is 25.2 Å². The topological polar surface area (TPSA) is 58.6 Å². The number of benzene rings is 2. The molecule has 1 aliphatic rings. The van der Waals surface area contributed by atoms with E-state index in [0.29, 0.717) is 16.3 Å². The molecule has 5 nitrogen and oxygen atoms in total. The maximum atomic E-state index is 12.6. The van der Waals surface area contributed by atoms with Crippen LogP contribution in [0.2, 0.25) is 5.02 Å². The average Bonchev–Trinajstić information content (AvgIpc) is 3.06. The van der Waals surface area contributed by atoms with Gasteiger partial charge in [-0.05, 0) is 55.3 Å². The Morgan fingerprint density at radius 3 is 2.56 bits per heavy atom. The Kier molecular flexibility index (Phi) is 5.22. The number of nitrogens with one attached hydrogen (secondary N) is 1. The van der Waals surface area contributed by atoms with E-state index in [2.05, 4.69) is 9.62 Å². The van der Waals surface area contributed by atoms with Crippen molar-refractivity contribution in [2.24, 2.45) is 0 Å². The Morgan fingerprint density at radius 1 is 1.20 bits per heavy atom. The van der Waals surface area contributed by atoms with Crippen molar-refractivity contribution >= 4 is 33.0 Å². The highest BCUT2D eigenvalue weighted by Crippen LogP contribution is 2.27. The molecule has 0 bridgehead atoms. The molecule has 25 heavy (non-hydrogen) atoms. The highest BCUT2D eigenvalue weighted by atomic mass is 35.5. The number of methoxy groups -OCH3 is 1. The van der Waals surface area contributed by atoms with Crippen LogP contribution in [0.25, 0.3) is 0 Å². The van der Waals surface area contributed by atoms with Gasteiger partial charge in [-0.1, -0.05) is 17.7 Å². The second-order valence-corrected chi connectivity index (χ2v) is 8.17. The van der Waals surface area contributed by atoms with E-state index in [1.54, 1.807) is 44.4 Å². The number of ether oxygens (including phenoxy) is 1. The molecule has 0 spiro atoms. The fourth-order valence-electron chi connectivity index (χ4n) is 2.98. The average molecular weight is 381 g/mol. The minimum Gasteiger partial charge on any atom is -0.380 e. The molecule has 0 radical (unpaired) electrons. The minimum atomic E-state index is -3.68. The highest BCUT2D eigenvalue weighted by Gasteiger charge is 2.22. The van der Waals surface area contributed by atoms with Gasteiger partial charge in [0.15, 0.2) is 0 Å². The molecule has 1 heterocycles. The number of anilines is 2. The third kappa shape index (κ3) is 3.92. The van der Waals surface area contributed by atoms with Gasteiger partial charge < -0.3 is 9.64 Å². The summed E-state index contributed by atoms with van der Waals surface area (Å²) >= 11 is 6.03. The first-order chi connectivity index (χ1) is 11.9. The van der Waals surface area contributed by atoms with Crippen LogP contribution in [0.5, 0.6) is 0 Å². The van der Waals surface area contributed by atoms with E-state index in [1.165, 1.54) is 0 Å². The molecule has 2 aromatic rings. The van der Waals surface area contributed by atoms with Gasteiger partial charge in [-0.2, -0.15) is 0 Å². The Balaban J connectivity index is 1.76. The van der Waals surface area contributed by atoms with Crippen molar-refractivity contribution in [3.05, 3.63) is 53.1 Å². The SMILES string of the molecule is COC1CCN(c2ccc(NS(=O)(=O)c3cccc(Cl)c3C)cc2)C1.